The molecule has 0 radical (unpaired) electrons. The average Bonchev–Trinajstić information content (AvgIpc) is 3.41. The minimum Gasteiger partial charge on any atom is -0.384 e. The number of hydrogen-bond acceptors (Lipinski definition) is 10. The van der Waals surface area contributed by atoms with E-state index in [0.29, 0.717) is 30.3 Å². The SMILES string of the molecule is C=CSc1nc(N/C(C=N)=C/N[C@H]2CCOC2)nc(NC2CCC(N3CCOCC3)CC2)c1C(=C)C. The molecule has 0 unspecified atom stereocenters. The van der Waals surface area contributed by atoms with Crippen LogP contribution in [0.25, 0.3) is 5.57 Å². The molecule has 9 nitrogen and oxygen atoms in total. The summed E-state index contributed by atoms with van der Waals surface area (Å²) in [5.41, 5.74) is 2.40. The molecule has 1 aliphatic carbocycles. The Kier molecular flexibility index (Phi) is 9.80. The van der Waals surface area contributed by atoms with Gasteiger partial charge >= 0.3 is 0 Å². The van der Waals surface area contributed by atoms with E-state index in [1.807, 2.05) is 6.92 Å². The molecule has 3 fully saturated rings. The first-order chi connectivity index (χ1) is 17.6. The van der Waals surface area contributed by atoms with E-state index in [9.17, 15) is 0 Å². The van der Waals surface area contributed by atoms with Gasteiger partial charge in [0.15, 0.2) is 0 Å². The number of thioether (sulfide) groups is 1. The highest BCUT2D eigenvalue weighted by Gasteiger charge is 2.28. The number of aromatic nitrogens is 2. The number of allylic oxidation sites excluding steroid dienone is 2. The van der Waals surface area contributed by atoms with Crippen LogP contribution in [0.1, 0.15) is 44.6 Å². The van der Waals surface area contributed by atoms with E-state index < -0.39 is 0 Å². The molecule has 2 saturated heterocycles. The molecule has 0 aromatic carbocycles. The van der Waals surface area contributed by atoms with Gasteiger partial charge in [-0.25, -0.2) is 4.98 Å². The maximum atomic E-state index is 7.85. The van der Waals surface area contributed by atoms with E-state index in [2.05, 4.69) is 34.0 Å². The first-order valence-electron chi connectivity index (χ1n) is 12.8. The minimum atomic E-state index is 0.255. The molecule has 1 aromatic rings. The zero-order chi connectivity index (χ0) is 25.3. The van der Waals surface area contributed by atoms with Crippen molar-refractivity contribution in [2.75, 3.05) is 50.2 Å². The standard InChI is InChI=1S/C26H39N7O2S/c1-4-36-25-23(18(2)3)24(29-19-5-7-22(8-6-19)33-10-13-34-14-11-33)31-26(32-25)30-21(15-27)16-28-20-9-12-35-17-20/h4,15-16,19-20,22,27-28H,1-2,5-14,17H2,3H3,(H2,29,30,31,32)/b21-16+,27-15?/t19?,20-,22?/m0/s1. The Morgan fingerprint density at radius 2 is 1.86 bits per heavy atom. The molecule has 3 heterocycles. The quantitative estimate of drug-likeness (QED) is 0.198. The van der Waals surface area contributed by atoms with Crippen molar-refractivity contribution in [2.24, 2.45) is 0 Å². The van der Waals surface area contributed by atoms with Gasteiger partial charge in [0.25, 0.3) is 0 Å². The fourth-order valence-electron chi connectivity index (χ4n) is 4.99. The van der Waals surface area contributed by atoms with Crippen LogP contribution in [0.15, 0.2) is 35.5 Å². The lowest BCUT2D eigenvalue weighted by Crippen LogP contribution is -2.46. The Labute approximate surface area is 218 Å². The summed E-state index contributed by atoms with van der Waals surface area (Å²) in [4.78, 5) is 12.2. The van der Waals surface area contributed by atoms with Crippen molar-refractivity contribution in [2.45, 2.75) is 62.2 Å². The Morgan fingerprint density at radius 3 is 2.50 bits per heavy atom. The predicted octanol–water partition coefficient (Wildman–Crippen LogP) is 4.08. The van der Waals surface area contributed by atoms with Crippen LogP contribution >= 0.6 is 11.8 Å². The van der Waals surface area contributed by atoms with Crippen LogP contribution in [0.3, 0.4) is 0 Å². The number of morpholine rings is 1. The summed E-state index contributed by atoms with van der Waals surface area (Å²) in [5, 5.41) is 20.6. The van der Waals surface area contributed by atoms with E-state index in [1.165, 1.54) is 30.8 Å². The van der Waals surface area contributed by atoms with Crippen LogP contribution in [0.5, 0.6) is 0 Å². The second kappa shape index (κ2) is 13.2. The summed E-state index contributed by atoms with van der Waals surface area (Å²) in [7, 11) is 0. The summed E-state index contributed by atoms with van der Waals surface area (Å²) >= 11 is 1.45. The number of rotatable bonds is 11. The van der Waals surface area contributed by atoms with Crippen LogP contribution in [0.2, 0.25) is 0 Å². The van der Waals surface area contributed by atoms with Crippen molar-refractivity contribution in [1.29, 1.82) is 5.41 Å². The summed E-state index contributed by atoms with van der Waals surface area (Å²) in [5.74, 6) is 1.22. The normalized spacial score (nSPS) is 25.2. The first kappa shape index (κ1) is 26.7. The molecule has 2 aliphatic heterocycles. The zero-order valence-corrected chi connectivity index (χ0v) is 22.0. The molecule has 4 N–H and O–H groups in total. The second-order valence-corrected chi connectivity index (χ2v) is 10.5. The van der Waals surface area contributed by atoms with Crippen LogP contribution in [-0.4, -0.2) is 78.7 Å². The van der Waals surface area contributed by atoms with E-state index >= 15 is 0 Å². The lowest BCUT2D eigenvalue weighted by Gasteiger charge is -2.39. The predicted molar refractivity (Wildman–Crippen MR) is 148 cm³/mol. The van der Waals surface area contributed by atoms with Crippen molar-refractivity contribution in [3.8, 4) is 0 Å². The molecule has 0 bridgehead atoms. The number of nitrogens with zero attached hydrogens (tertiary/aromatic N) is 3. The van der Waals surface area contributed by atoms with Crippen LogP contribution in [0, 0.1) is 5.41 Å². The van der Waals surface area contributed by atoms with Gasteiger partial charge in [0, 0.05) is 44.2 Å². The fraction of sp³-hybridized carbons (Fsp3) is 0.577. The highest BCUT2D eigenvalue weighted by Crippen LogP contribution is 2.34. The average molecular weight is 514 g/mol. The lowest BCUT2D eigenvalue weighted by atomic mass is 9.90. The molecule has 0 spiro atoms. The molecule has 1 aromatic heterocycles. The van der Waals surface area contributed by atoms with Gasteiger partial charge in [0.2, 0.25) is 5.95 Å². The van der Waals surface area contributed by atoms with E-state index in [0.717, 1.165) is 74.2 Å². The lowest BCUT2D eigenvalue weighted by molar-refractivity contribution is 0.00790. The topological polar surface area (TPSA) is 107 Å². The van der Waals surface area contributed by atoms with Gasteiger partial charge in [0.05, 0.1) is 37.1 Å². The molecule has 1 atom stereocenters. The molecule has 3 aliphatic rings. The van der Waals surface area contributed by atoms with Crippen LogP contribution in [0.4, 0.5) is 11.8 Å². The Hall–Kier alpha value is -2.40. The van der Waals surface area contributed by atoms with E-state index in [-0.39, 0.29) is 6.04 Å². The second-order valence-electron chi connectivity index (χ2n) is 9.54. The maximum absolute atomic E-state index is 7.85. The third-order valence-corrected chi connectivity index (χ3v) is 7.60. The summed E-state index contributed by atoms with van der Waals surface area (Å²) in [6.45, 7) is 15.3. The summed E-state index contributed by atoms with van der Waals surface area (Å²) in [6.07, 6.45) is 8.53. The van der Waals surface area contributed by atoms with E-state index in [4.69, 9.17) is 24.9 Å². The summed E-state index contributed by atoms with van der Waals surface area (Å²) in [6, 6.07) is 1.23. The Balaban J connectivity index is 1.49. The smallest absolute Gasteiger partial charge is 0.230 e. The fourth-order valence-corrected chi connectivity index (χ4v) is 5.67. The Bertz CT molecular complexity index is 950. The monoisotopic (exact) mass is 513 g/mol. The van der Waals surface area contributed by atoms with Gasteiger partial charge < -0.3 is 30.8 Å². The largest absolute Gasteiger partial charge is 0.384 e. The molecule has 196 valence electrons. The van der Waals surface area contributed by atoms with Gasteiger partial charge in [-0.05, 0) is 50.0 Å². The minimum absolute atomic E-state index is 0.255. The van der Waals surface area contributed by atoms with Crippen molar-refractivity contribution in [1.82, 2.24) is 20.2 Å². The molecule has 1 saturated carbocycles. The van der Waals surface area contributed by atoms with Gasteiger partial charge in [-0.2, -0.15) is 4.98 Å². The van der Waals surface area contributed by atoms with Gasteiger partial charge in [0.1, 0.15) is 10.8 Å². The number of ether oxygens (including phenoxy) is 2. The zero-order valence-electron chi connectivity index (χ0n) is 21.2. The Morgan fingerprint density at radius 1 is 1.08 bits per heavy atom. The van der Waals surface area contributed by atoms with E-state index in [1.54, 1.807) is 11.6 Å². The van der Waals surface area contributed by atoms with Gasteiger partial charge in [-0.15, -0.1) is 0 Å². The van der Waals surface area contributed by atoms with Crippen LogP contribution in [-0.2, 0) is 9.47 Å². The third-order valence-electron chi connectivity index (χ3n) is 6.91. The number of anilines is 2. The third kappa shape index (κ3) is 7.09. The first-order valence-corrected chi connectivity index (χ1v) is 13.7. The van der Waals surface area contributed by atoms with Crippen LogP contribution < -0.4 is 16.0 Å². The van der Waals surface area contributed by atoms with Gasteiger partial charge in [-0.3, -0.25) is 4.90 Å². The van der Waals surface area contributed by atoms with Crippen molar-refractivity contribution in [3.63, 3.8) is 0 Å². The molecule has 10 heteroatoms. The molecule has 0 amide bonds. The van der Waals surface area contributed by atoms with Crippen molar-refractivity contribution in [3.05, 3.63) is 36.0 Å². The highest BCUT2D eigenvalue weighted by molar-refractivity contribution is 8.02. The number of hydrogen-bond donors (Lipinski definition) is 4. The maximum Gasteiger partial charge on any atom is 0.230 e. The molecular formula is C26H39N7O2S. The van der Waals surface area contributed by atoms with Crippen molar-refractivity contribution < 1.29 is 9.47 Å². The molecular weight excluding hydrogens is 474 g/mol. The molecule has 4 rings (SSSR count). The number of nitrogens with one attached hydrogen (secondary N) is 4. The molecule has 36 heavy (non-hydrogen) atoms. The highest BCUT2D eigenvalue weighted by atomic mass is 32.2. The summed E-state index contributed by atoms with van der Waals surface area (Å²) < 4.78 is 10.9. The van der Waals surface area contributed by atoms with Gasteiger partial charge in [-0.1, -0.05) is 24.9 Å². The van der Waals surface area contributed by atoms with Crippen molar-refractivity contribution >= 4 is 35.3 Å².